The Kier molecular flexibility index (Phi) is 3.62. The fourth-order valence-corrected chi connectivity index (χ4v) is 1.81. The summed E-state index contributed by atoms with van der Waals surface area (Å²) in [5.74, 6) is 3.58. The second-order valence-electron chi connectivity index (χ2n) is 3.67. The molecule has 0 amide bonds. The van der Waals surface area contributed by atoms with Crippen molar-refractivity contribution in [3.8, 4) is 12.3 Å². The van der Waals surface area contributed by atoms with Crippen molar-refractivity contribution in [2.45, 2.75) is 0 Å². The first-order valence-corrected chi connectivity index (χ1v) is 5.50. The lowest BCUT2D eigenvalue weighted by molar-refractivity contribution is 0.585. The van der Waals surface area contributed by atoms with Crippen LogP contribution in [-0.2, 0) is 0 Å². The fraction of sp³-hybridized carbons (Fsp3) is 0.417. The Balaban J connectivity index is 2.14. The number of piperazine rings is 1. The summed E-state index contributed by atoms with van der Waals surface area (Å²) in [6.07, 6.45) is 7.07. The van der Waals surface area contributed by atoms with Crippen LogP contribution in [0.15, 0.2) is 18.3 Å². The highest BCUT2D eigenvalue weighted by Gasteiger charge is 2.14. The van der Waals surface area contributed by atoms with E-state index in [1.165, 1.54) is 0 Å². The standard InChI is InChI=1S/C12H16N4/c1-2-5-14-11-4-3-6-15-12(11)16-9-7-13-8-10-16/h1,3-4,6,13-14H,5,7-10H2. The lowest BCUT2D eigenvalue weighted by atomic mass is 10.3. The molecule has 1 saturated heterocycles. The van der Waals surface area contributed by atoms with Gasteiger partial charge in [-0.1, -0.05) is 5.92 Å². The lowest BCUT2D eigenvalue weighted by Gasteiger charge is -2.29. The van der Waals surface area contributed by atoms with Crippen molar-refractivity contribution < 1.29 is 0 Å². The van der Waals surface area contributed by atoms with Gasteiger partial charge in [-0.3, -0.25) is 0 Å². The number of aromatic nitrogens is 1. The second kappa shape index (κ2) is 5.38. The van der Waals surface area contributed by atoms with Gasteiger partial charge in [-0.25, -0.2) is 4.98 Å². The molecule has 0 spiro atoms. The molecular formula is C12H16N4. The number of nitrogens with zero attached hydrogens (tertiary/aromatic N) is 2. The van der Waals surface area contributed by atoms with E-state index in [4.69, 9.17) is 6.42 Å². The summed E-state index contributed by atoms with van der Waals surface area (Å²) in [4.78, 5) is 6.70. The largest absolute Gasteiger partial charge is 0.371 e. The third-order valence-electron chi connectivity index (χ3n) is 2.58. The Bertz CT molecular complexity index is 377. The third-order valence-corrected chi connectivity index (χ3v) is 2.58. The van der Waals surface area contributed by atoms with Crippen LogP contribution < -0.4 is 15.5 Å². The number of terminal acetylenes is 1. The van der Waals surface area contributed by atoms with Crippen molar-refractivity contribution in [2.75, 3.05) is 42.9 Å². The molecular weight excluding hydrogens is 200 g/mol. The number of hydrogen-bond donors (Lipinski definition) is 2. The highest BCUT2D eigenvalue weighted by atomic mass is 15.2. The maximum absolute atomic E-state index is 5.25. The quantitative estimate of drug-likeness (QED) is 0.723. The van der Waals surface area contributed by atoms with Gasteiger partial charge < -0.3 is 15.5 Å². The molecule has 16 heavy (non-hydrogen) atoms. The number of hydrogen-bond acceptors (Lipinski definition) is 4. The van der Waals surface area contributed by atoms with Gasteiger partial charge in [0.05, 0.1) is 12.2 Å². The van der Waals surface area contributed by atoms with E-state index in [-0.39, 0.29) is 0 Å². The Morgan fingerprint density at radius 1 is 1.50 bits per heavy atom. The molecule has 0 aliphatic carbocycles. The van der Waals surface area contributed by atoms with Crippen molar-refractivity contribution in [3.05, 3.63) is 18.3 Å². The number of nitrogens with one attached hydrogen (secondary N) is 2. The second-order valence-corrected chi connectivity index (χ2v) is 3.67. The molecule has 4 heteroatoms. The zero-order chi connectivity index (χ0) is 11.2. The monoisotopic (exact) mass is 216 g/mol. The Morgan fingerprint density at radius 2 is 2.31 bits per heavy atom. The number of pyridine rings is 1. The molecule has 1 fully saturated rings. The highest BCUT2D eigenvalue weighted by molar-refractivity contribution is 5.65. The molecule has 2 N–H and O–H groups in total. The number of anilines is 2. The van der Waals surface area contributed by atoms with Gasteiger partial charge in [0.2, 0.25) is 0 Å². The molecule has 0 saturated carbocycles. The first-order chi connectivity index (χ1) is 7.92. The van der Waals surface area contributed by atoms with Crippen molar-refractivity contribution >= 4 is 11.5 Å². The molecule has 84 valence electrons. The van der Waals surface area contributed by atoms with Crippen molar-refractivity contribution in [3.63, 3.8) is 0 Å². The van der Waals surface area contributed by atoms with Gasteiger partial charge in [-0.05, 0) is 12.1 Å². The summed E-state index contributed by atoms with van der Waals surface area (Å²) in [6.45, 7) is 4.52. The van der Waals surface area contributed by atoms with Crippen LogP contribution in [0.2, 0.25) is 0 Å². The summed E-state index contributed by atoms with van der Waals surface area (Å²) < 4.78 is 0. The predicted molar refractivity (Wildman–Crippen MR) is 66.6 cm³/mol. The zero-order valence-corrected chi connectivity index (χ0v) is 9.24. The van der Waals surface area contributed by atoms with Gasteiger partial charge >= 0.3 is 0 Å². The topological polar surface area (TPSA) is 40.2 Å². The van der Waals surface area contributed by atoms with E-state index >= 15 is 0 Å². The van der Waals surface area contributed by atoms with E-state index in [0.717, 1.165) is 37.7 Å². The fourth-order valence-electron chi connectivity index (χ4n) is 1.81. The number of rotatable bonds is 3. The first kappa shape index (κ1) is 10.8. The normalized spacial score (nSPS) is 15.6. The van der Waals surface area contributed by atoms with Gasteiger partial charge in [-0.15, -0.1) is 6.42 Å². The molecule has 1 aromatic rings. The molecule has 2 rings (SSSR count). The molecule has 2 heterocycles. The molecule has 0 radical (unpaired) electrons. The van der Waals surface area contributed by atoms with E-state index in [2.05, 4.69) is 26.4 Å². The molecule has 1 aliphatic heterocycles. The van der Waals surface area contributed by atoms with Gasteiger partial charge in [-0.2, -0.15) is 0 Å². The van der Waals surface area contributed by atoms with E-state index in [1.54, 1.807) is 0 Å². The van der Waals surface area contributed by atoms with Crippen LogP contribution in [0.3, 0.4) is 0 Å². The highest BCUT2D eigenvalue weighted by Crippen LogP contribution is 2.22. The van der Waals surface area contributed by atoms with Crippen LogP contribution in [0.25, 0.3) is 0 Å². The minimum absolute atomic E-state index is 0.533. The molecule has 0 atom stereocenters. The van der Waals surface area contributed by atoms with E-state index in [1.807, 2.05) is 18.3 Å². The Hall–Kier alpha value is -1.73. The minimum Gasteiger partial charge on any atom is -0.371 e. The molecule has 1 aliphatic rings. The van der Waals surface area contributed by atoms with E-state index < -0.39 is 0 Å². The van der Waals surface area contributed by atoms with Gasteiger partial charge in [0.1, 0.15) is 0 Å². The van der Waals surface area contributed by atoms with Crippen LogP contribution in [-0.4, -0.2) is 37.7 Å². The van der Waals surface area contributed by atoms with E-state index in [9.17, 15) is 0 Å². The summed E-state index contributed by atoms with van der Waals surface area (Å²) in [6, 6.07) is 3.94. The van der Waals surface area contributed by atoms with Gasteiger partial charge in [0.25, 0.3) is 0 Å². The van der Waals surface area contributed by atoms with Crippen molar-refractivity contribution in [1.82, 2.24) is 10.3 Å². The van der Waals surface area contributed by atoms with Crippen LogP contribution in [0.4, 0.5) is 11.5 Å². The molecule has 1 aromatic heterocycles. The maximum atomic E-state index is 5.25. The van der Waals surface area contributed by atoms with Crippen LogP contribution in [0, 0.1) is 12.3 Å². The zero-order valence-electron chi connectivity index (χ0n) is 9.24. The smallest absolute Gasteiger partial charge is 0.152 e. The predicted octanol–water partition coefficient (Wildman–Crippen LogP) is 0.536. The average Bonchev–Trinajstić information content (AvgIpc) is 2.38. The van der Waals surface area contributed by atoms with Crippen LogP contribution >= 0.6 is 0 Å². The van der Waals surface area contributed by atoms with Crippen molar-refractivity contribution in [1.29, 1.82) is 0 Å². The van der Waals surface area contributed by atoms with Gasteiger partial charge in [0, 0.05) is 32.4 Å². The minimum atomic E-state index is 0.533. The Morgan fingerprint density at radius 3 is 3.06 bits per heavy atom. The molecule has 0 unspecified atom stereocenters. The first-order valence-electron chi connectivity index (χ1n) is 5.50. The lowest BCUT2D eigenvalue weighted by Crippen LogP contribution is -2.44. The summed E-state index contributed by atoms with van der Waals surface area (Å²) in [7, 11) is 0. The third kappa shape index (κ3) is 2.44. The average molecular weight is 216 g/mol. The van der Waals surface area contributed by atoms with Crippen LogP contribution in [0.5, 0.6) is 0 Å². The van der Waals surface area contributed by atoms with Crippen molar-refractivity contribution in [2.24, 2.45) is 0 Å². The SMILES string of the molecule is C#CCNc1cccnc1N1CCNCC1. The molecule has 0 aromatic carbocycles. The van der Waals surface area contributed by atoms with E-state index in [0.29, 0.717) is 6.54 Å². The maximum Gasteiger partial charge on any atom is 0.152 e. The Labute approximate surface area is 96.1 Å². The van der Waals surface area contributed by atoms with Crippen LogP contribution in [0.1, 0.15) is 0 Å². The summed E-state index contributed by atoms with van der Waals surface area (Å²) >= 11 is 0. The van der Waals surface area contributed by atoms with Gasteiger partial charge in [0.15, 0.2) is 5.82 Å². The molecule has 4 nitrogen and oxygen atoms in total. The molecule has 0 bridgehead atoms. The summed E-state index contributed by atoms with van der Waals surface area (Å²) in [5, 5.41) is 6.52. The summed E-state index contributed by atoms with van der Waals surface area (Å²) in [5.41, 5.74) is 1.02.